The third-order valence-electron chi connectivity index (χ3n) is 2.76. The normalized spacial score (nSPS) is 10.7. The number of hydrogen-bond donors (Lipinski definition) is 0. The first-order chi connectivity index (χ1) is 9.04. The van der Waals surface area contributed by atoms with Crippen LogP contribution in [0.3, 0.4) is 0 Å². The van der Waals surface area contributed by atoms with Gasteiger partial charge in [0.25, 0.3) is 0 Å². The Kier molecular flexibility index (Phi) is 4.37. The molecule has 0 saturated carbocycles. The van der Waals surface area contributed by atoms with Gasteiger partial charge in [-0.1, -0.05) is 17.7 Å². The summed E-state index contributed by atoms with van der Waals surface area (Å²) in [4.78, 5) is 12.3. The fraction of sp³-hybridized carbons (Fsp3) is 0.231. The van der Waals surface area contributed by atoms with Crippen LogP contribution in [-0.4, -0.2) is 15.6 Å². The molecule has 6 heteroatoms. The predicted octanol–water partition coefficient (Wildman–Crippen LogP) is 3.88. The lowest BCUT2D eigenvalue weighted by Crippen LogP contribution is -2.13. The highest BCUT2D eigenvalue weighted by Gasteiger charge is 2.19. The van der Waals surface area contributed by atoms with Crippen LogP contribution in [0, 0.1) is 5.82 Å². The van der Waals surface area contributed by atoms with Gasteiger partial charge in [-0.05, 0) is 35.0 Å². The molecule has 0 radical (unpaired) electrons. The van der Waals surface area contributed by atoms with E-state index >= 15 is 0 Å². The smallest absolute Gasteiger partial charge is 0.186 e. The number of rotatable bonds is 4. The fourth-order valence-corrected chi connectivity index (χ4v) is 2.57. The summed E-state index contributed by atoms with van der Waals surface area (Å²) < 4.78 is 15.8. The zero-order valence-electron chi connectivity index (χ0n) is 10.2. The molecule has 2 rings (SSSR count). The molecule has 0 aliphatic rings. The quantitative estimate of drug-likeness (QED) is 0.788. The number of aromatic nitrogens is 2. The molecule has 19 heavy (non-hydrogen) atoms. The van der Waals surface area contributed by atoms with Crippen molar-refractivity contribution in [2.75, 3.05) is 0 Å². The van der Waals surface area contributed by atoms with Gasteiger partial charge in [0.1, 0.15) is 11.5 Å². The Morgan fingerprint density at radius 2 is 2.26 bits per heavy atom. The van der Waals surface area contributed by atoms with Crippen LogP contribution in [0.1, 0.15) is 23.0 Å². The Morgan fingerprint density at radius 3 is 2.89 bits per heavy atom. The average molecular weight is 346 g/mol. The van der Waals surface area contributed by atoms with Gasteiger partial charge in [0, 0.05) is 23.6 Å². The molecular weight excluding hydrogens is 335 g/mol. The van der Waals surface area contributed by atoms with Crippen molar-refractivity contribution >= 4 is 33.3 Å². The van der Waals surface area contributed by atoms with Crippen LogP contribution in [0.15, 0.2) is 28.9 Å². The molecule has 0 bridgehead atoms. The lowest BCUT2D eigenvalue weighted by atomic mass is 10.1. The zero-order chi connectivity index (χ0) is 14.0. The van der Waals surface area contributed by atoms with Gasteiger partial charge >= 0.3 is 0 Å². The molecular formula is C13H11BrClFN2O. The van der Waals surface area contributed by atoms with Crippen molar-refractivity contribution < 1.29 is 9.18 Å². The Hall–Kier alpha value is -1.20. The average Bonchev–Trinajstić information content (AvgIpc) is 2.75. The van der Waals surface area contributed by atoms with Crippen LogP contribution in [0.2, 0.25) is 5.02 Å². The number of carbonyl (C=O) groups is 1. The molecule has 1 aromatic carbocycles. The maximum atomic E-state index is 13.7. The summed E-state index contributed by atoms with van der Waals surface area (Å²) in [6.07, 6.45) is 1.47. The zero-order valence-corrected chi connectivity index (χ0v) is 12.5. The van der Waals surface area contributed by atoms with Crippen LogP contribution in [0.4, 0.5) is 4.39 Å². The van der Waals surface area contributed by atoms with Gasteiger partial charge in [0.05, 0.1) is 10.7 Å². The van der Waals surface area contributed by atoms with Crippen LogP contribution in [-0.2, 0) is 13.0 Å². The molecule has 0 aliphatic heterocycles. The van der Waals surface area contributed by atoms with Gasteiger partial charge in [-0.2, -0.15) is 5.10 Å². The molecule has 0 aliphatic carbocycles. The highest BCUT2D eigenvalue weighted by Crippen LogP contribution is 2.23. The highest BCUT2D eigenvalue weighted by atomic mass is 79.9. The molecule has 3 nitrogen and oxygen atoms in total. The first kappa shape index (κ1) is 14.2. The number of ketones is 1. The summed E-state index contributed by atoms with van der Waals surface area (Å²) >= 11 is 9.20. The van der Waals surface area contributed by atoms with Gasteiger partial charge in [-0.3, -0.25) is 9.48 Å². The van der Waals surface area contributed by atoms with Crippen molar-refractivity contribution in [3.05, 3.63) is 51.0 Å². The molecule has 0 unspecified atom stereocenters. The molecule has 0 atom stereocenters. The molecule has 100 valence electrons. The second kappa shape index (κ2) is 5.84. The fourth-order valence-electron chi connectivity index (χ4n) is 1.82. The van der Waals surface area contributed by atoms with Gasteiger partial charge in [0.2, 0.25) is 0 Å². The van der Waals surface area contributed by atoms with Crippen LogP contribution in [0.5, 0.6) is 0 Å². The van der Waals surface area contributed by atoms with Crippen molar-refractivity contribution in [1.82, 2.24) is 9.78 Å². The van der Waals surface area contributed by atoms with Gasteiger partial charge < -0.3 is 0 Å². The van der Waals surface area contributed by atoms with Crippen molar-refractivity contribution in [1.29, 1.82) is 0 Å². The molecule has 1 aromatic heterocycles. The number of Topliss-reactive ketones (excluding diaryl/α,β-unsaturated/α-hetero) is 1. The van der Waals surface area contributed by atoms with E-state index in [1.165, 1.54) is 12.1 Å². The lowest BCUT2D eigenvalue weighted by Gasteiger charge is -2.07. The van der Waals surface area contributed by atoms with E-state index < -0.39 is 5.82 Å². The Bertz CT molecular complexity index is 607. The van der Waals surface area contributed by atoms with Crippen LogP contribution >= 0.6 is 27.5 Å². The monoisotopic (exact) mass is 344 g/mol. The van der Waals surface area contributed by atoms with Crippen molar-refractivity contribution in [3.8, 4) is 0 Å². The number of aryl methyl sites for hydroxylation is 1. The van der Waals surface area contributed by atoms with E-state index in [2.05, 4.69) is 21.0 Å². The third kappa shape index (κ3) is 2.87. The number of benzene rings is 1. The molecule has 0 fully saturated rings. The number of hydrogen-bond acceptors (Lipinski definition) is 2. The van der Waals surface area contributed by atoms with Gasteiger partial charge in [0.15, 0.2) is 5.78 Å². The van der Waals surface area contributed by atoms with E-state index in [9.17, 15) is 9.18 Å². The van der Waals surface area contributed by atoms with Crippen LogP contribution < -0.4 is 0 Å². The Labute approximate surface area is 123 Å². The molecule has 1 heterocycles. The third-order valence-corrected chi connectivity index (χ3v) is 3.69. The van der Waals surface area contributed by atoms with E-state index in [0.29, 0.717) is 16.7 Å². The lowest BCUT2D eigenvalue weighted by molar-refractivity contribution is 0.0981. The Morgan fingerprint density at radius 1 is 1.53 bits per heavy atom. The van der Waals surface area contributed by atoms with Crippen molar-refractivity contribution in [2.45, 2.75) is 19.9 Å². The molecule has 0 N–H and O–H groups in total. The molecule has 0 spiro atoms. The van der Waals surface area contributed by atoms with Crippen LogP contribution in [0.25, 0.3) is 0 Å². The second-order valence-electron chi connectivity index (χ2n) is 3.96. The summed E-state index contributed by atoms with van der Waals surface area (Å²) in [5.74, 6) is -0.697. The first-order valence-corrected chi connectivity index (χ1v) is 6.89. The van der Waals surface area contributed by atoms with E-state index in [0.717, 1.165) is 0 Å². The largest absolute Gasteiger partial charge is 0.292 e. The number of nitrogens with zero attached hydrogens (tertiary/aromatic N) is 2. The topological polar surface area (TPSA) is 34.9 Å². The summed E-state index contributed by atoms with van der Waals surface area (Å²) in [6, 6.07) is 4.37. The minimum Gasteiger partial charge on any atom is -0.292 e. The number of carbonyl (C=O) groups excluding carboxylic acids is 1. The second-order valence-corrected chi connectivity index (χ2v) is 5.22. The summed E-state index contributed by atoms with van der Waals surface area (Å²) in [5.41, 5.74) is 0.645. The summed E-state index contributed by atoms with van der Waals surface area (Å²) in [7, 11) is 0. The maximum absolute atomic E-state index is 13.7. The minimum atomic E-state index is -0.473. The first-order valence-electron chi connectivity index (χ1n) is 5.72. The Balaban J connectivity index is 2.34. The van der Waals surface area contributed by atoms with E-state index in [-0.39, 0.29) is 22.8 Å². The predicted molar refractivity (Wildman–Crippen MR) is 75.0 cm³/mol. The van der Waals surface area contributed by atoms with E-state index in [1.807, 2.05) is 6.92 Å². The molecule has 0 amide bonds. The maximum Gasteiger partial charge on any atom is 0.186 e. The SMILES string of the molecule is CCn1ncc(Br)c1C(=O)Cc1c(F)cccc1Cl. The molecule has 0 saturated heterocycles. The molecule has 2 aromatic rings. The van der Waals surface area contributed by atoms with Crippen molar-refractivity contribution in [2.24, 2.45) is 0 Å². The van der Waals surface area contributed by atoms with Gasteiger partial charge in [-0.15, -0.1) is 0 Å². The van der Waals surface area contributed by atoms with E-state index in [4.69, 9.17) is 11.6 Å². The van der Waals surface area contributed by atoms with Gasteiger partial charge in [-0.25, -0.2) is 4.39 Å². The standard InChI is InChI=1S/C13H11BrClFN2O/c1-2-18-13(9(14)7-17-18)12(19)6-8-10(15)4-3-5-11(8)16/h3-5,7H,2,6H2,1H3. The van der Waals surface area contributed by atoms with E-state index in [1.54, 1.807) is 16.9 Å². The minimum absolute atomic E-state index is 0.0875. The summed E-state index contributed by atoms with van der Waals surface area (Å²) in [6.45, 7) is 2.45. The highest BCUT2D eigenvalue weighted by molar-refractivity contribution is 9.10. The van der Waals surface area contributed by atoms with Crippen molar-refractivity contribution in [3.63, 3.8) is 0 Å². The number of halogens is 3. The summed E-state index contributed by atoms with van der Waals surface area (Å²) in [5, 5.41) is 4.32.